The van der Waals surface area contributed by atoms with E-state index < -0.39 is 0 Å². The van der Waals surface area contributed by atoms with Crippen LogP contribution in [0.15, 0.2) is 47.1 Å². The largest absolute Gasteiger partial charge is 0.497 e. The highest BCUT2D eigenvalue weighted by Crippen LogP contribution is 2.19. The monoisotopic (exact) mass is 352 g/mol. The number of fused-ring (bicyclic) bond motifs is 1. The van der Waals surface area contributed by atoms with Gasteiger partial charge in [-0.1, -0.05) is 24.3 Å². The van der Waals surface area contributed by atoms with E-state index in [9.17, 15) is 0 Å². The molecule has 1 aromatic heterocycles. The Labute approximate surface area is 153 Å². The number of hydrogen-bond acceptors (Lipinski definition) is 6. The smallest absolute Gasteiger partial charge is 0.139 e. The molecule has 6 heteroatoms. The second-order valence-corrected chi connectivity index (χ2v) is 6.86. The van der Waals surface area contributed by atoms with E-state index in [-0.39, 0.29) is 0 Å². The molecule has 0 unspecified atom stereocenters. The van der Waals surface area contributed by atoms with E-state index in [2.05, 4.69) is 44.8 Å². The number of aromatic nitrogens is 2. The fraction of sp³-hybridized carbons (Fsp3) is 0.400. The molecular formula is C20H24N4O2. The van der Waals surface area contributed by atoms with E-state index in [1.807, 2.05) is 18.2 Å². The molecule has 1 atom stereocenters. The molecule has 6 nitrogen and oxygen atoms in total. The predicted molar refractivity (Wildman–Crippen MR) is 99.9 cm³/mol. The van der Waals surface area contributed by atoms with Crippen molar-refractivity contribution in [2.75, 3.05) is 20.2 Å². The Morgan fingerprint density at radius 2 is 2.15 bits per heavy atom. The van der Waals surface area contributed by atoms with Crippen LogP contribution in [0.25, 0.3) is 11.0 Å². The van der Waals surface area contributed by atoms with Gasteiger partial charge in [0.05, 0.1) is 7.11 Å². The molecule has 2 aromatic carbocycles. The Morgan fingerprint density at radius 3 is 3.08 bits per heavy atom. The van der Waals surface area contributed by atoms with Gasteiger partial charge in [-0.15, -0.1) is 0 Å². The molecule has 0 radical (unpaired) electrons. The molecule has 2 heterocycles. The Balaban J connectivity index is 1.35. The molecule has 0 saturated carbocycles. The predicted octanol–water partition coefficient (Wildman–Crippen LogP) is 2.99. The third-order valence-electron chi connectivity index (χ3n) is 5.00. The van der Waals surface area contributed by atoms with E-state index in [4.69, 9.17) is 9.37 Å². The first-order chi connectivity index (χ1) is 12.8. The van der Waals surface area contributed by atoms with E-state index in [0.29, 0.717) is 6.04 Å². The summed E-state index contributed by atoms with van der Waals surface area (Å²) in [6, 6.07) is 14.8. The van der Waals surface area contributed by atoms with Gasteiger partial charge in [0.25, 0.3) is 0 Å². The van der Waals surface area contributed by atoms with Crippen LogP contribution in [0.4, 0.5) is 0 Å². The third-order valence-corrected chi connectivity index (χ3v) is 5.00. The van der Waals surface area contributed by atoms with E-state index in [1.165, 1.54) is 18.4 Å². The molecule has 1 aliphatic heterocycles. The second kappa shape index (κ2) is 7.85. The number of piperidine rings is 1. The van der Waals surface area contributed by atoms with Crippen LogP contribution in [0.3, 0.4) is 0 Å². The maximum Gasteiger partial charge on any atom is 0.139 e. The van der Waals surface area contributed by atoms with E-state index in [0.717, 1.165) is 48.5 Å². The molecule has 1 aliphatic rings. The number of nitrogens with zero attached hydrogens (tertiary/aromatic N) is 3. The summed E-state index contributed by atoms with van der Waals surface area (Å²) in [7, 11) is 1.71. The fourth-order valence-corrected chi connectivity index (χ4v) is 3.65. The van der Waals surface area contributed by atoms with Crippen molar-refractivity contribution >= 4 is 11.0 Å². The Kier molecular flexibility index (Phi) is 5.13. The zero-order valence-electron chi connectivity index (χ0n) is 15.0. The minimum absolute atomic E-state index is 0.476. The normalized spacial score (nSPS) is 18.3. The highest BCUT2D eigenvalue weighted by Gasteiger charge is 2.20. The first-order valence-corrected chi connectivity index (χ1v) is 9.10. The highest BCUT2D eigenvalue weighted by molar-refractivity contribution is 5.76. The Bertz CT molecular complexity index is 864. The topological polar surface area (TPSA) is 63.4 Å². The summed E-state index contributed by atoms with van der Waals surface area (Å²) in [6.45, 7) is 3.92. The van der Waals surface area contributed by atoms with Gasteiger partial charge in [0.2, 0.25) is 0 Å². The maximum atomic E-state index is 5.33. The maximum absolute atomic E-state index is 5.33. The van der Waals surface area contributed by atoms with Crippen molar-refractivity contribution in [2.45, 2.75) is 32.0 Å². The summed E-state index contributed by atoms with van der Waals surface area (Å²) in [4.78, 5) is 2.51. The van der Waals surface area contributed by atoms with Crippen LogP contribution in [0.5, 0.6) is 5.75 Å². The number of methoxy groups -OCH3 is 1. The van der Waals surface area contributed by atoms with Gasteiger partial charge in [-0.05, 0) is 59.0 Å². The molecule has 0 amide bonds. The molecular weight excluding hydrogens is 328 g/mol. The lowest BCUT2D eigenvalue weighted by Gasteiger charge is -2.33. The molecule has 26 heavy (non-hydrogen) atoms. The van der Waals surface area contributed by atoms with Crippen molar-refractivity contribution in [3.63, 3.8) is 0 Å². The second-order valence-electron chi connectivity index (χ2n) is 6.86. The summed E-state index contributed by atoms with van der Waals surface area (Å²) >= 11 is 0. The standard InChI is InChI=1S/C20H24N4O2/c1-25-18-8-2-5-15(11-18)13-24-10-4-7-17(14-24)21-12-16-6-3-9-19-20(16)23-26-22-19/h2-3,5-6,8-9,11,17,21H,4,7,10,12-14H2,1H3/t17-/m1/s1. The van der Waals surface area contributed by atoms with Crippen molar-refractivity contribution in [1.29, 1.82) is 0 Å². The minimum Gasteiger partial charge on any atom is -0.497 e. The zero-order chi connectivity index (χ0) is 17.8. The van der Waals surface area contributed by atoms with Gasteiger partial charge in [0, 0.05) is 25.7 Å². The molecule has 1 N–H and O–H groups in total. The lowest BCUT2D eigenvalue weighted by atomic mass is 10.0. The van der Waals surface area contributed by atoms with Gasteiger partial charge in [0.15, 0.2) is 0 Å². The SMILES string of the molecule is COc1cccc(CN2CCC[C@@H](NCc3cccc4nonc34)C2)c1. The quantitative estimate of drug-likeness (QED) is 0.736. The molecule has 0 bridgehead atoms. The van der Waals surface area contributed by atoms with Crippen molar-refractivity contribution < 1.29 is 9.37 Å². The highest BCUT2D eigenvalue weighted by atomic mass is 16.6. The molecule has 1 fully saturated rings. The summed E-state index contributed by atoms with van der Waals surface area (Å²) in [5.74, 6) is 0.920. The summed E-state index contributed by atoms with van der Waals surface area (Å²) in [5, 5.41) is 11.6. The average molecular weight is 352 g/mol. The average Bonchev–Trinajstić information content (AvgIpc) is 3.16. The lowest BCUT2D eigenvalue weighted by molar-refractivity contribution is 0.182. The van der Waals surface area contributed by atoms with Crippen LogP contribution in [-0.4, -0.2) is 41.5 Å². The molecule has 1 saturated heterocycles. The van der Waals surface area contributed by atoms with Gasteiger partial charge in [-0.3, -0.25) is 4.90 Å². The fourth-order valence-electron chi connectivity index (χ4n) is 3.65. The molecule has 4 rings (SSSR count). The number of nitrogens with one attached hydrogen (secondary N) is 1. The number of benzene rings is 2. The Hall–Kier alpha value is -2.44. The summed E-state index contributed by atoms with van der Waals surface area (Å²) in [5.41, 5.74) is 4.09. The minimum atomic E-state index is 0.476. The van der Waals surface area contributed by atoms with Gasteiger partial charge in [-0.25, -0.2) is 4.63 Å². The number of rotatable bonds is 6. The van der Waals surface area contributed by atoms with Gasteiger partial charge >= 0.3 is 0 Å². The van der Waals surface area contributed by atoms with Crippen LogP contribution in [0, 0.1) is 0 Å². The number of ether oxygens (including phenoxy) is 1. The molecule has 0 aliphatic carbocycles. The van der Waals surface area contributed by atoms with Gasteiger partial charge in [0.1, 0.15) is 16.8 Å². The van der Waals surface area contributed by atoms with Crippen molar-refractivity contribution in [3.8, 4) is 5.75 Å². The van der Waals surface area contributed by atoms with E-state index in [1.54, 1.807) is 7.11 Å². The van der Waals surface area contributed by atoms with Gasteiger partial charge < -0.3 is 10.1 Å². The van der Waals surface area contributed by atoms with Crippen LogP contribution in [-0.2, 0) is 13.1 Å². The van der Waals surface area contributed by atoms with E-state index >= 15 is 0 Å². The molecule has 136 valence electrons. The van der Waals surface area contributed by atoms with Gasteiger partial charge in [-0.2, -0.15) is 0 Å². The summed E-state index contributed by atoms with van der Waals surface area (Å²) in [6.07, 6.45) is 2.40. The first kappa shape index (κ1) is 17.0. The van der Waals surface area contributed by atoms with Crippen molar-refractivity contribution in [2.24, 2.45) is 0 Å². The molecule has 0 spiro atoms. The lowest BCUT2D eigenvalue weighted by Crippen LogP contribution is -2.45. The number of likely N-dealkylation sites (tertiary alicyclic amines) is 1. The number of hydrogen-bond donors (Lipinski definition) is 1. The van der Waals surface area contributed by atoms with Crippen LogP contribution >= 0.6 is 0 Å². The third kappa shape index (κ3) is 3.86. The Morgan fingerprint density at radius 1 is 1.23 bits per heavy atom. The van der Waals surface area contributed by atoms with Crippen molar-refractivity contribution in [1.82, 2.24) is 20.5 Å². The summed E-state index contributed by atoms with van der Waals surface area (Å²) < 4.78 is 10.2. The first-order valence-electron chi connectivity index (χ1n) is 9.10. The van der Waals surface area contributed by atoms with Crippen molar-refractivity contribution in [3.05, 3.63) is 53.6 Å². The van der Waals surface area contributed by atoms with Crippen LogP contribution < -0.4 is 10.1 Å². The molecule has 3 aromatic rings. The van der Waals surface area contributed by atoms with Crippen LogP contribution in [0.2, 0.25) is 0 Å². The zero-order valence-corrected chi connectivity index (χ0v) is 15.0. The van der Waals surface area contributed by atoms with Crippen LogP contribution in [0.1, 0.15) is 24.0 Å².